The molecule has 3 aromatic rings. The molecule has 2 aromatic carbocycles. The van der Waals surface area contributed by atoms with Crippen LogP contribution in [0.5, 0.6) is 0 Å². The Labute approximate surface area is 150 Å². The molecule has 0 saturated carbocycles. The van der Waals surface area contributed by atoms with E-state index in [-0.39, 0.29) is 17.5 Å². The SMILES string of the molecule is O=C(NC1CCOCC1)c1ccc(-c2ccc3nc[nH]c(=O)c3c2)cc1. The Kier molecular flexibility index (Phi) is 4.50. The summed E-state index contributed by atoms with van der Waals surface area (Å²) in [5.41, 5.74) is 2.97. The second-order valence-electron chi connectivity index (χ2n) is 6.40. The van der Waals surface area contributed by atoms with Crippen LogP contribution in [0.2, 0.25) is 0 Å². The molecule has 0 bridgehead atoms. The number of nitrogens with zero attached hydrogens (tertiary/aromatic N) is 1. The number of H-pyrrole nitrogens is 1. The van der Waals surface area contributed by atoms with Gasteiger partial charge in [-0.1, -0.05) is 18.2 Å². The van der Waals surface area contributed by atoms with Gasteiger partial charge in [0.25, 0.3) is 11.5 Å². The van der Waals surface area contributed by atoms with Gasteiger partial charge in [0, 0.05) is 24.8 Å². The second-order valence-corrected chi connectivity index (χ2v) is 6.40. The summed E-state index contributed by atoms with van der Waals surface area (Å²) in [4.78, 5) is 31.1. The molecule has 2 heterocycles. The number of carbonyl (C=O) groups excluding carboxylic acids is 1. The fourth-order valence-corrected chi connectivity index (χ4v) is 3.17. The van der Waals surface area contributed by atoms with Crippen molar-refractivity contribution in [2.24, 2.45) is 0 Å². The summed E-state index contributed by atoms with van der Waals surface area (Å²) in [5, 5.41) is 3.60. The van der Waals surface area contributed by atoms with Gasteiger partial charge in [0.2, 0.25) is 0 Å². The molecule has 26 heavy (non-hydrogen) atoms. The molecule has 132 valence electrons. The predicted octanol–water partition coefficient (Wildman–Crippen LogP) is 2.50. The van der Waals surface area contributed by atoms with Crippen LogP contribution in [0.3, 0.4) is 0 Å². The molecule has 1 saturated heterocycles. The molecule has 0 atom stereocenters. The zero-order chi connectivity index (χ0) is 17.9. The Bertz CT molecular complexity index is 989. The minimum Gasteiger partial charge on any atom is -0.381 e. The molecule has 0 spiro atoms. The highest BCUT2D eigenvalue weighted by molar-refractivity contribution is 5.95. The van der Waals surface area contributed by atoms with Gasteiger partial charge >= 0.3 is 0 Å². The molecule has 1 aliphatic rings. The number of rotatable bonds is 3. The number of fused-ring (bicyclic) bond motifs is 1. The highest BCUT2D eigenvalue weighted by Gasteiger charge is 2.17. The molecule has 0 unspecified atom stereocenters. The van der Waals surface area contributed by atoms with Gasteiger partial charge in [-0.15, -0.1) is 0 Å². The van der Waals surface area contributed by atoms with E-state index in [2.05, 4.69) is 15.3 Å². The quantitative estimate of drug-likeness (QED) is 0.761. The highest BCUT2D eigenvalue weighted by atomic mass is 16.5. The van der Waals surface area contributed by atoms with Crippen LogP contribution in [0, 0.1) is 0 Å². The third-order valence-electron chi connectivity index (χ3n) is 4.68. The average molecular weight is 349 g/mol. The van der Waals surface area contributed by atoms with E-state index in [0.717, 1.165) is 24.0 Å². The fourth-order valence-electron chi connectivity index (χ4n) is 3.17. The smallest absolute Gasteiger partial charge is 0.258 e. The van der Waals surface area contributed by atoms with Crippen LogP contribution in [0.1, 0.15) is 23.2 Å². The van der Waals surface area contributed by atoms with E-state index in [1.165, 1.54) is 6.33 Å². The van der Waals surface area contributed by atoms with Crippen molar-refractivity contribution >= 4 is 16.8 Å². The summed E-state index contributed by atoms with van der Waals surface area (Å²) in [6, 6.07) is 13.1. The minimum absolute atomic E-state index is 0.0670. The molecule has 1 aromatic heterocycles. The van der Waals surface area contributed by atoms with Crippen LogP contribution in [0.4, 0.5) is 0 Å². The molecule has 6 heteroatoms. The Morgan fingerprint density at radius 1 is 1.08 bits per heavy atom. The summed E-state index contributed by atoms with van der Waals surface area (Å²) in [6.07, 6.45) is 3.10. The lowest BCUT2D eigenvalue weighted by molar-refractivity contribution is 0.0696. The lowest BCUT2D eigenvalue weighted by atomic mass is 10.0. The first-order valence-electron chi connectivity index (χ1n) is 8.67. The maximum atomic E-state index is 12.4. The van der Waals surface area contributed by atoms with Crippen molar-refractivity contribution in [1.29, 1.82) is 0 Å². The van der Waals surface area contributed by atoms with Crippen molar-refractivity contribution in [3.05, 3.63) is 64.7 Å². The number of amides is 1. The molecule has 2 N–H and O–H groups in total. The maximum absolute atomic E-state index is 12.4. The summed E-state index contributed by atoms with van der Waals surface area (Å²) >= 11 is 0. The van der Waals surface area contributed by atoms with E-state index >= 15 is 0 Å². The van der Waals surface area contributed by atoms with Crippen LogP contribution < -0.4 is 10.9 Å². The zero-order valence-corrected chi connectivity index (χ0v) is 14.2. The minimum atomic E-state index is -0.163. The van der Waals surface area contributed by atoms with Crippen molar-refractivity contribution in [2.75, 3.05) is 13.2 Å². The van der Waals surface area contributed by atoms with E-state index in [9.17, 15) is 9.59 Å². The van der Waals surface area contributed by atoms with Gasteiger partial charge in [-0.25, -0.2) is 4.98 Å². The first-order valence-corrected chi connectivity index (χ1v) is 8.67. The molecule has 4 rings (SSSR count). The van der Waals surface area contributed by atoms with Crippen molar-refractivity contribution in [3.63, 3.8) is 0 Å². The topological polar surface area (TPSA) is 84.1 Å². The molecule has 1 amide bonds. The highest BCUT2D eigenvalue weighted by Crippen LogP contribution is 2.22. The Hall–Kier alpha value is -2.99. The molecular weight excluding hydrogens is 330 g/mol. The van der Waals surface area contributed by atoms with Crippen LogP contribution in [-0.2, 0) is 4.74 Å². The summed E-state index contributed by atoms with van der Waals surface area (Å²) in [5.74, 6) is -0.0670. The molecule has 6 nitrogen and oxygen atoms in total. The lowest BCUT2D eigenvalue weighted by Gasteiger charge is -2.23. The van der Waals surface area contributed by atoms with Gasteiger partial charge in [0.1, 0.15) is 0 Å². The standard InChI is InChI=1S/C20H19N3O3/c24-19(23-16-7-9-26-10-8-16)14-3-1-13(2-4-14)15-5-6-18-17(11-15)20(25)22-12-21-18/h1-6,11-12,16H,7-10H2,(H,23,24)(H,21,22,25). The first kappa shape index (κ1) is 16.5. The Balaban J connectivity index is 1.54. The number of hydrogen-bond donors (Lipinski definition) is 2. The van der Waals surface area contributed by atoms with E-state index in [1.807, 2.05) is 42.5 Å². The Morgan fingerprint density at radius 2 is 1.81 bits per heavy atom. The van der Waals surface area contributed by atoms with Crippen LogP contribution in [0.25, 0.3) is 22.0 Å². The van der Waals surface area contributed by atoms with Gasteiger partial charge in [-0.05, 0) is 48.2 Å². The number of ether oxygens (including phenoxy) is 1. The van der Waals surface area contributed by atoms with Gasteiger partial charge in [0.05, 0.1) is 17.2 Å². The fraction of sp³-hybridized carbons (Fsp3) is 0.250. The number of carbonyl (C=O) groups is 1. The summed E-state index contributed by atoms with van der Waals surface area (Å²) in [6.45, 7) is 1.39. The monoisotopic (exact) mass is 349 g/mol. The van der Waals surface area contributed by atoms with E-state index in [0.29, 0.717) is 29.7 Å². The lowest BCUT2D eigenvalue weighted by Crippen LogP contribution is -2.38. The van der Waals surface area contributed by atoms with Gasteiger partial charge in [0.15, 0.2) is 0 Å². The van der Waals surface area contributed by atoms with E-state index in [1.54, 1.807) is 0 Å². The second kappa shape index (κ2) is 7.09. The van der Waals surface area contributed by atoms with Gasteiger partial charge in [-0.2, -0.15) is 0 Å². The van der Waals surface area contributed by atoms with Crippen molar-refractivity contribution in [1.82, 2.24) is 15.3 Å². The van der Waals surface area contributed by atoms with Crippen molar-refractivity contribution in [2.45, 2.75) is 18.9 Å². The molecule has 1 fully saturated rings. The maximum Gasteiger partial charge on any atom is 0.258 e. The van der Waals surface area contributed by atoms with Gasteiger partial charge in [-0.3, -0.25) is 9.59 Å². The van der Waals surface area contributed by atoms with Crippen molar-refractivity contribution < 1.29 is 9.53 Å². The van der Waals surface area contributed by atoms with Crippen LogP contribution in [0.15, 0.2) is 53.6 Å². The summed E-state index contributed by atoms with van der Waals surface area (Å²) < 4.78 is 5.31. The van der Waals surface area contributed by atoms with Crippen LogP contribution >= 0.6 is 0 Å². The third kappa shape index (κ3) is 3.36. The number of nitrogens with one attached hydrogen (secondary N) is 2. The molecule has 0 aliphatic carbocycles. The van der Waals surface area contributed by atoms with E-state index in [4.69, 9.17) is 4.74 Å². The van der Waals surface area contributed by atoms with Gasteiger partial charge < -0.3 is 15.0 Å². The van der Waals surface area contributed by atoms with E-state index < -0.39 is 0 Å². The molecular formula is C20H19N3O3. The predicted molar refractivity (Wildman–Crippen MR) is 99.1 cm³/mol. The number of aromatic nitrogens is 2. The van der Waals surface area contributed by atoms with Crippen LogP contribution in [-0.4, -0.2) is 35.1 Å². The molecule has 0 radical (unpaired) electrons. The summed E-state index contributed by atoms with van der Waals surface area (Å²) in [7, 11) is 0. The number of aromatic amines is 1. The first-order chi connectivity index (χ1) is 12.7. The number of benzene rings is 2. The largest absolute Gasteiger partial charge is 0.381 e. The normalized spacial score (nSPS) is 15.1. The number of hydrogen-bond acceptors (Lipinski definition) is 4. The average Bonchev–Trinajstić information content (AvgIpc) is 2.69. The third-order valence-corrected chi connectivity index (χ3v) is 4.68. The Morgan fingerprint density at radius 3 is 2.58 bits per heavy atom. The van der Waals surface area contributed by atoms with Crippen molar-refractivity contribution in [3.8, 4) is 11.1 Å². The zero-order valence-electron chi connectivity index (χ0n) is 14.2. The molecule has 1 aliphatic heterocycles.